The minimum atomic E-state index is -0.355. The van der Waals surface area contributed by atoms with Crippen molar-refractivity contribution in [3.63, 3.8) is 0 Å². The Kier molecular flexibility index (Phi) is 6.10. The highest BCUT2D eigenvalue weighted by Gasteiger charge is 2.19. The zero-order valence-electron chi connectivity index (χ0n) is 19.9. The van der Waals surface area contributed by atoms with Crippen LogP contribution in [0.5, 0.6) is 0 Å². The minimum Gasteiger partial charge on any atom is -0.464 e. The smallest absolute Gasteiger partial charge is 0.354 e. The fourth-order valence-electron chi connectivity index (χ4n) is 4.45. The number of carbonyl (C=O) groups excluding carboxylic acids is 1. The summed E-state index contributed by atoms with van der Waals surface area (Å²) in [6.07, 6.45) is 1.62. The summed E-state index contributed by atoms with van der Waals surface area (Å²) >= 11 is 0. The predicted molar refractivity (Wildman–Crippen MR) is 134 cm³/mol. The van der Waals surface area contributed by atoms with Gasteiger partial charge < -0.3 is 9.30 Å². The lowest BCUT2D eigenvalue weighted by molar-refractivity contribution is 0.0589. The van der Waals surface area contributed by atoms with E-state index in [0.717, 1.165) is 57.4 Å². The highest BCUT2D eigenvalue weighted by molar-refractivity contribution is 5.96. The van der Waals surface area contributed by atoms with Gasteiger partial charge in [0.05, 0.1) is 12.6 Å². The number of aryl methyl sites for hydroxylation is 2. The Hall–Kier alpha value is -4.33. The van der Waals surface area contributed by atoms with Gasteiger partial charge in [-0.05, 0) is 46.9 Å². The zero-order valence-corrected chi connectivity index (χ0v) is 19.9. The van der Waals surface area contributed by atoms with Crippen molar-refractivity contribution >= 4 is 16.9 Å². The molecule has 8 nitrogen and oxygen atoms in total. The Morgan fingerprint density at radius 3 is 2.43 bits per heavy atom. The molecule has 0 radical (unpaired) electrons. The molecule has 8 heteroatoms. The molecule has 0 unspecified atom stereocenters. The Morgan fingerprint density at radius 1 is 1.00 bits per heavy atom. The summed E-state index contributed by atoms with van der Waals surface area (Å²) in [6, 6.07) is 20.3. The number of carbonyl (C=O) groups is 1. The second kappa shape index (κ2) is 9.50. The van der Waals surface area contributed by atoms with Crippen molar-refractivity contribution in [3.05, 3.63) is 83.3 Å². The van der Waals surface area contributed by atoms with Crippen molar-refractivity contribution in [2.45, 2.75) is 33.2 Å². The molecule has 0 saturated carbocycles. The van der Waals surface area contributed by atoms with Crippen LogP contribution in [-0.4, -0.2) is 43.3 Å². The standard InChI is InChI=1S/C27H26N6O2/c1-4-19-14-24-22(23(5-2)28-19)15-25(27(34)35-3)33(24)16-17-10-12-18(13-11-17)20-8-6-7-9-21(20)26-29-31-32-30-26/h6-15H,4-5,16H2,1-3H3,(H,29,30,31,32). The van der Waals surface area contributed by atoms with Crippen LogP contribution in [0.2, 0.25) is 0 Å². The van der Waals surface area contributed by atoms with Gasteiger partial charge in [0.2, 0.25) is 5.82 Å². The molecule has 2 aromatic carbocycles. The molecule has 0 fully saturated rings. The van der Waals surface area contributed by atoms with Gasteiger partial charge in [-0.2, -0.15) is 5.21 Å². The number of tetrazole rings is 1. The number of H-pyrrole nitrogens is 1. The number of benzene rings is 2. The first kappa shape index (κ1) is 22.5. The van der Waals surface area contributed by atoms with Gasteiger partial charge in [-0.1, -0.05) is 62.4 Å². The number of hydrogen-bond acceptors (Lipinski definition) is 6. The summed E-state index contributed by atoms with van der Waals surface area (Å²) < 4.78 is 7.13. The molecule has 35 heavy (non-hydrogen) atoms. The lowest BCUT2D eigenvalue weighted by Crippen LogP contribution is -2.11. The molecule has 0 bridgehead atoms. The topological polar surface area (TPSA) is 98.6 Å². The van der Waals surface area contributed by atoms with Crippen molar-refractivity contribution in [1.82, 2.24) is 30.2 Å². The number of nitrogens with zero attached hydrogens (tertiary/aromatic N) is 5. The predicted octanol–water partition coefficient (Wildman–Crippen LogP) is 4.84. The first-order chi connectivity index (χ1) is 17.1. The third kappa shape index (κ3) is 4.19. The molecule has 0 spiro atoms. The molecule has 3 aromatic heterocycles. The SMILES string of the molecule is CCc1cc2c(cc(C(=O)OC)n2Cc2ccc(-c3ccccc3-c3nn[nH]n3)cc2)c(CC)n1. The van der Waals surface area contributed by atoms with Crippen molar-refractivity contribution in [1.29, 1.82) is 0 Å². The molecule has 5 rings (SSSR count). The largest absolute Gasteiger partial charge is 0.464 e. The Balaban J connectivity index is 1.55. The maximum atomic E-state index is 12.7. The molecule has 0 aliphatic carbocycles. The van der Waals surface area contributed by atoms with Crippen LogP contribution in [0.25, 0.3) is 33.4 Å². The van der Waals surface area contributed by atoms with Gasteiger partial charge in [-0.15, -0.1) is 10.2 Å². The van der Waals surface area contributed by atoms with Crippen LogP contribution >= 0.6 is 0 Å². The summed E-state index contributed by atoms with van der Waals surface area (Å²) in [5.74, 6) is 0.199. The quantitative estimate of drug-likeness (QED) is 0.345. The number of nitrogens with one attached hydrogen (secondary N) is 1. The van der Waals surface area contributed by atoms with E-state index < -0.39 is 0 Å². The van der Waals surface area contributed by atoms with Crippen LogP contribution in [-0.2, 0) is 24.1 Å². The maximum Gasteiger partial charge on any atom is 0.354 e. The van der Waals surface area contributed by atoms with E-state index in [1.807, 2.05) is 34.9 Å². The van der Waals surface area contributed by atoms with E-state index in [4.69, 9.17) is 9.72 Å². The Labute approximate surface area is 203 Å². The molecular weight excluding hydrogens is 440 g/mol. The highest BCUT2D eigenvalue weighted by atomic mass is 16.5. The van der Waals surface area contributed by atoms with E-state index in [0.29, 0.717) is 18.1 Å². The molecule has 0 amide bonds. The summed E-state index contributed by atoms with van der Waals surface area (Å²) in [5.41, 5.74) is 7.58. The third-order valence-corrected chi connectivity index (χ3v) is 6.24. The highest BCUT2D eigenvalue weighted by Crippen LogP contribution is 2.31. The van der Waals surface area contributed by atoms with Crippen molar-refractivity contribution < 1.29 is 9.53 Å². The molecule has 0 aliphatic heterocycles. The Bertz CT molecular complexity index is 1490. The monoisotopic (exact) mass is 466 g/mol. The molecule has 3 heterocycles. The average Bonchev–Trinajstić information content (AvgIpc) is 3.57. The van der Waals surface area contributed by atoms with E-state index in [1.54, 1.807) is 0 Å². The van der Waals surface area contributed by atoms with Crippen molar-refractivity contribution in [2.75, 3.05) is 7.11 Å². The van der Waals surface area contributed by atoms with Crippen LogP contribution < -0.4 is 0 Å². The van der Waals surface area contributed by atoms with Gasteiger partial charge >= 0.3 is 5.97 Å². The third-order valence-electron chi connectivity index (χ3n) is 6.24. The molecule has 0 saturated heterocycles. The van der Waals surface area contributed by atoms with Crippen LogP contribution in [0.3, 0.4) is 0 Å². The van der Waals surface area contributed by atoms with E-state index in [2.05, 4.69) is 64.8 Å². The summed E-state index contributed by atoms with van der Waals surface area (Å²) in [6.45, 7) is 4.71. The number of pyridine rings is 1. The first-order valence-electron chi connectivity index (χ1n) is 11.6. The van der Waals surface area contributed by atoms with Gasteiger partial charge in [-0.25, -0.2) is 4.79 Å². The fourth-order valence-corrected chi connectivity index (χ4v) is 4.45. The first-order valence-corrected chi connectivity index (χ1v) is 11.6. The van der Waals surface area contributed by atoms with Crippen LogP contribution in [0.15, 0.2) is 60.7 Å². The molecule has 176 valence electrons. The van der Waals surface area contributed by atoms with Gasteiger partial charge in [0.25, 0.3) is 0 Å². The normalized spacial score (nSPS) is 11.2. The number of rotatable bonds is 7. The van der Waals surface area contributed by atoms with Crippen molar-refractivity contribution in [3.8, 4) is 22.5 Å². The lowest BCUT2D eigenvalue weighted by Gasteiger charge is -2.12. The number of aromatic nitrogens is 6. The van der Waals surface area contributed by atoms with E-state index in [-0.39, 0.29) is 5.97 Å². The van der Waals surface area contributed by atoms with Gasteiger partial charge in [0, 0.05) is 28.9 Å². The van der Waals surface area contributed by atoms with Gasteiger partial charge in [0.15, 0.2) is 0 Å². The number of aromatic amines is 1. The molecular formula is C27H26N6O2. The van der Waals surface area contributed by atoms with Crippen molar-refractivity contribution in [2.24, 2.45) is 0 Å². The van der Waals surface area contributed by atoms with Gasteiger partial charge in [0.1, 0.15) is 5.69 Å². The number of hydrogen-bond donors (Lipinski definition) is 1. The second-order valence-corrected chi connectivity index (χ2v) is 8.29. The van der Waals surface area contributed by atoms with Gasteiger partial charge in [-0.3, -0.25) is 4.98 Å². The summed E-state index contributed by atoms with van der Waals surface area (Å²) in [5, 5.41) is 15.5. The number of fused-ring (bicyclic) bond motifs is 1. The van der Waals surface area contributed by atoms with Crippen LogP contribution in [0, 0.1) is 0 Å². The number of methoxy groups -OCH3 is 1. The molecule has 0 aliphatic rings. The number of ether oxygens (including phenoxy) is 1. The van der Waals surface area contributed by atoms with E-state index in [1.165, 1.54) is 7.11 Å². The van der Waals surface area contributed by atoms with E-state index in [9.17, 15) is 4.79 Å². The molecule has 5 aromatic rings. The number of esters is 1. The fraction of sp³-hybridized carbons (Fsp3) is 0.222. The zero-order chi connectivity index (χ0) is 24.4. The summed E-state index contributed by atoms with van der Waals surface area (Å²) in [7, 11) is 1.41. The minimum absolute atomic E-state index is 0.355. The van der Waals surface area contributed by atoms with Crippen LogP contribution in [0.1, 0.15) is 41.3 Å². The van der Waals surface area contributed by atoms with Crippen LogP contribution in [0.4, 0.5) is 0 Å². The molecule has 1 N–H and O–H groups in total. The lowest BCUT2D eigenvalue weighted by atomic mass is 9.98. The Morgan fingerprint density at radius 2 is 1.77 bits per heavy atom. The van der Waals surface area contributed by atoms with E-state index >= 15 is 0 Å². The second-order valence-electron chi connectivity index (χ2n) is 8.29. The molecule has 0 atom stereocenters. The summed E-state index contributed by atoms with van der Waals surface area (Å²) in [4.78, 5) is 17.4. The maximum absolute atomic E-state index is 12.7. The average molecular weight is 467 g/mol.